The Morgan fingerprint density at radius 1 is 1.13 bits per heavy atom. The van der Waals surface area contributed by atoms with E-state index in [2.05, 4.69) is 10.4 Å². The molecule has 0 unspecified atom stereocenters. The van der Waals surface area contributed by atoms with Gasteiger partial charge in [0, 0.05) is 11.8 Å². The van der Waals surface area contributed by atoms with Crippen molar-refractivity contribution >= 4 is 46.1 Å². The summed E-state index contributed by atoms with van der Waals surface area (Å²) in [5.41, 5.74) is 3.62. The summed E-state index contributed by atoms with van der Waals surface area (Å²) in [4.78, 5) is 13.2. The van der Waals surface area contributed by atoms with Crippen LogP contribution in [0.5, 0.6) is 5.75 Å². The number of anilines is 1. The SMILES string of the molecule is Cc1ccccc1OCc1csc(C(=O)Nc2cnn(Cc3ccc(Cl)c(Cl)c3)c2)c1. The molecular weight excluding hydrogens is 453 g/mol. The van der Waals surface area contributed by atoms with Gasteiger partial charge in [-0.3, -0.25) is 9.48 Å². The molecule has 0 aliphatic rings. The van der Waals surface area contributed by atoms with Crippen LogP contribution in [0.4, 0.5) is 5.69 Å². The minimum Gasteiger partial charge on any atom is -0.489 e. The average Bonchev–Trinajstić information content (AvgIpc) is 3.40. The maximum atomic E-state index is 12.6. The highest BCUT2D eigenvalue weighted by Gasteiger charge is 2.12. The third kappa shape index (κ3) is 5.47. The zero-order valence-corrected chi connectivity index (χ0v) is 19.0. The molecule has 0 bridgehead atoms. The van der Waals surface area contributed by atoms with E-state index < -0.39 is 0 Å². The highest BCUT2D eigenvalue weighted by Crippen LogP contribution is 2.24. The molecule has 4 rings (SSSR count). The number of hydrogen-bond acceptors (Lipinski definition) is 4. The lowest BCUT2D eigenvalue weighted by atomic mass is 10.2. The summed E-state index contributed by atoms with van der Waals surface area (Å²) in [6, 6.07) is 15.1. The molecule has 31 heavy (non-hydrogen) atoms. The van der Waals surface area contributed by atoms with Crippen molar-refractivity contribution in [1.29, 1.82) is 0 Å². The van der Waals surface area contributed by atoms with Crippen molar-refractivity contribution in [2.75, 3.05) is 5.32 Å². The molecule has 4 aromatic rings. The topological polar surface area (TPSA) is 56.1 Å². The second-order valence-electron chi connectivity index (χ2n) is 7.00. The highest BCUT2D eigenvalue weighted by molar-refractivity contribution is 7.12. The number of rotatable bonds is 7. The van der Waals surface area contributed by atoms with E-state index in [0.29, 0.717) is 33.8 Å². The van der Waals surface area contributed by atoms with Gasteiger partial charge in [-0.1, -0.05) is 47.5 Å². The number of benzene rings is 2. The van der Waals surface area contributed by atoms with E-state index in [1.165, 1.54) is 11.3 Å². The minimum absolute atomic E-state index is 0.179. The van der Waals surface area contributed by atoms with Crippen LogP contribution in [0, 0.1) is 6.92 Å². The third-order valence-corrected chi connectivity index (χ3v) is 6.30. The zero-order valence-electron chi connectivity index (χ0n) is 16.6. The average molecular weight is 472 g/mol. The van der Waals surface area contributed by atoms with E-state index in [4.69, 9.17) is 27.9 Å². The van der Waals surface area contributed by atoms with Gasteiger partial charge < -0.3 is 10.1 Å². The van der Waals surface area contributed by atoms with Crippen molar-refractivity contribution in [1.82, 2.24) is 9.78 Å². The Hall–Kier alpha value is -2.80. The van der Waals surface area contributed by atoms with Gasteiger partial charge in [0.1, 0.15) is 12.4 Å². The number of halogens is 2. The van der Waals surface area contributed by atoms with Gasteiger partial charge in [-0.05, 0) is 47.7 Å². The van der Waals surface area contributed by atoms with Gasteiger partial charge in [0.25, 0.3) is 5.91 Å². The lowest BCUT2D eigenvalue weighted by molar-refractivity contribution is 0.103. The molecular formula is C23H19Cl2N3O2S. The summed E-state index contributed by atoms with van der Waals surface area (Å²) >= 11 is 13.4. The third-order valence-electron chi connectivity index (χ3n) is 4.59. The largest absolute Gasteiger partial charge is 0.489 e. The van der Waals surface area contributed by atoms with Crippen molar-refractivity contribution in [3.63, 3.8) is 0 Å². The van der Waals surface area contributed by atoms with Crippen LogP contribution in [0.1, 0.15) is 26.4 Å². The molecule has 0 radical (unpaired) electrons. The zero-order chi connectivity index (χ0) is 21.8. The van der Waals surface area contributed by atoms with Crippen LogP contribution in [0.3, 0.4) is 0 Å². The first-order chi connectivity index (χ1) is 15.0. The molecule has 0 aliphatic carbocycles. The maximum absolute atomic E-state index is 12.6. The van der Waals surface area contributed by atoms with Crippen molar-refractivity contribution in [2.45, 2.75) is 20.1 Å². The molecule has 2 aromatic heterocycles. The second kappa shape index (κ2) is 9.56. The van der Waals surface area contributed by atoms with Gasteiger partial charge in [-0.2, -0.15) is 5.10 Å². The standard InChI is InChI=1S/C23H19Cl2N3O2S/c1-15-4-2-3-5-21(15)30-13-17-9-22(31-14-17)23(29)27-18-10-26-28(12-18)11-16-6-7-19(24)20(25)8-16/h2-10,12,14H,11,13H2,1H3,(H,27,29). The molecule has 8 heteroatoms. The fraction of sp³-hybridized carbons (Fsp3) is 0.130. The molecule has 0 spiro atoms. The lowest BCUT2D eigenvalue weighted by Crippen LogP contribution is -2.09. The summed E-state index contributed by atoms with van der Waals surface area (Å²) in [5, 5.41) is 10.1. The normalized spacial score (nSPS) is 10.8. The molecule has 5 nitrogen and oxygen atoms in total. The molecule has 1 amide bonds. The van der Waals surface area contributed by atoms with Crippen LogP contribution in [0.25, 0.3) is 0 Å². The Labute approximate surface area is 194 Å². The molecule has 0 atom stereocenters. The van der Waals surface area contributed by atoms with Crippen LogP contribution < -0.4 is 10.1 Å². The lowest BCUT2D eigenvalue weighted by Gasteiger charge is -2.07. The van der Waals surface area contributed by atoms with E-state index in [0.717, 1.165) is 22.4 Å². The molecule has 0 fully saturated rings. The summed E-state index contributed by atoms with van der Waals surface area (Å²) < 4.78 is 7.58. The number of nitrogens with one attached hydrogen (secondary N) is 1. The monoisotopic (exact) mass is 471 g/mol. The van der Waals surface area contributed by atoms with Crippen LogP contribution in [-0.4, -0.2) is 15.7 Å². The fourth-order valence-corrected chi connectivity index (χ4v) is 4.09. The number of aryl methyl sites for hydroxylation is 1. The number of nitrogens with zero attached hydrogens (tertiary/aromatic N) is 2. The predicted molar refractivity (Wildman–Crippen MR) is 126 cm³/mol. The number of aromatic nitrogens is 2. The number of hydrogen-bond donors (Lipinski definition) is 1. The predicted octanol–water partition coefficient (Wildman–Crippen LogP) is 6.44. The van der Waals surface area contributed by atoms with Crippen molar-refractivity contribution < 1.29 is 9.53 Å². The molecule has 0 saturated heterocycles. The van der Waals surface area contributed by atoms with Crippen molar-refractivity contribution in [2.24, 2.45) is 0 Å². The van der Waals surface area contributed by atoms with Crippen LogP contribution >= 0.6 is 34.5 Å². The number of amides is 1. The number of thiophene rings is 1. The van der Waals surface area contributed by atoms with E-state index in [1.54, 1.807) is 29.2 Å². The van der Waals surface area contributed by atoms with Gasteiger partial charge in [0.2, 0.25) is 0 Å². The van der Waals surface area contributed by atoms with Gasteiger partial charge >= 0.3 is 0 Å². The number of carbonyl (C=O) groups excluding carboxylic acids is 1. The highest BCUT2D eigenvalue weighted by atomic mass is 35.5. The van der Waals surface area contributed by atoms with Gasteiger partial charge in [0.05, 0.1) is 33.4 Å². The van der Waals surface area contributed by atoms with Gasteiger partial charge in [0.15, 0.2) is 0 Å². The molecule has 0 aliphatic heterocycles. The van der Waals surface area contributed by atoms with E-state index >= 15 is 0 Å². The molecule has 0 saturated carbocycles. The fourth-order valence-electron chi connectivity index (χ4n) is 2.98. The number of para-hydroxylation sites is 1. The minimum atomic E-state index is -0.179. The number of carbonyl (C=O) groups is 1. The molecule has 2 heterocycles. The van der Waals surface area contributed by atoms with Crippen LogP contribution in [0.2, 0.25) is 10.0 Å². The van der Waals surface area contributed by atoms with Crippen LogP contribution in [-0.2, 0) is 13.2 Å². The first-order valence-corrected chi connectivity index (χ1v) is 11.1. The van der Waals surface area contributed by atoms with Crippen molar-refractivity contribution in [3.05, 3.63) is 97.9 Å². The van der Waals surface area contributed by atoms with E-state index in [9.17, 15) is 4.79 Å². The Bertz CT molecular complexity index is 1220. The van der Waals surface area contributed by atoms with E-state index in [-0.39, 0.29) is 5.91 Å². The van der Waals surface area contributed by atoms with Gasteiger partial charge in [-0.15, -0.1) is 11.3 Å². The Kier molecular flexibility index (Phi) is 6.61. The van der Waals surface area contributed by atoms with Gasteiger partial charge in [-0.25, -0.2) is 0 Å². The molecule has 2 aromatic carbocycles. The van der Waals surface area contributed by atoms with E-state index in [1.807, 2.05) is 48.7 Å². The first kappa shape index (κ1) is 21.4. The molecule has 1 N–H and O–H groups in total. The molecule has 158 valence electrons. The summed E-state index contributed by atoms with van der Waals surface area (Å²) in [7, 11) is 0. The second-order valence-corrected chi connectivity index (χ2v) is 8.73. The Morgan fingerprint density at radius 3 is 2.77 bits per heavy atom. The Balaban J connectivity index is 1.34. The summed E-state index contributed by atoms with van der Waals surface area (Å²) in [6.45, 7) is 2.94. The van der Waals surface area contributed by atoms with Crippen LogP contribution in [0.15, 0.2) is 66.3 Å². The summed E-state index contributed by atoms with van der Waals surface area (Å²) in [6.07, 6.45) is 3.39. The Morgan fingerprint density at radius 2 is 1.97 bits per heavy atom. The smallest absolute Gasteiger partial charge is 0.265 e. The van der Waals surface area contributed by atoms with Crippen molar-refractivity contribution in [3.8, 4) is 5.75 Å². The first-order valence-electron chi connectivity index (χ1n) is 9.51. The summed E-state index contributed by atoms with van der Waals surface area (Å²) in [5.74, 6) is 0.662. The quantitative estimate of drug-likeness (QED) is 0.337. The maximum Gasteiger partial charge on any atom is 0.265 e. The number of ether oxygens (including phenoxy) is 1.